The maximum atomic E-state index is 12.7. The van der Waals surface area contributed by atoms with E-state index in [-0.39, 0.29) is 5.91 Å². The van der Waals surface area contributed by atoms with Crippen LogP contribution < -0.4 is 9.64 Å². The molecule has 4 nitrogen and oxygen atoms in total. The van der Waals surface area contributed by atoms with Crippen LogP contribution in [0.5, 0.6) is 5.75 Å². The lowest BCUT2D eigenvalue weighted by molar-refractivity contribution is -0.138. The molecule has 0 N–H and O–H groups in total. The summed E-state index contributed by atoms with van der Waals surface area (Å²) >= 11 is 5.97. The summed E-state index contributed by atoms with van der Waals surface area (Å²) in [4.78, 5) is 16.9. The molecule has 5 heteroatoms. The SMILES string of the molecule is Cc1cc(Cl)ccc1OC(C)C(=O)N1CCN(c2ccccc2)CC1. The Balaban J connectivity index is 1.56. The largest absolute Gasteiger partial charge is 0.481 e. The molecule has 0 radical (unpaired) electrons. The Kier molecular flexibility index (Phi) is 5.49. The molecule has 1 atom stereocenters. The zero-order valence-electron chi connectivity index (χ0n) is 14.6. The third-order valence-corrected chi connectivity index (χ3v) is 4.74. The van der Waals surface area contributed by atoms with Gasteiger partial charge in [0.2, 0.25) is 0 Å². The van der Waals surface area contributed by atoms with E-state index in [4.69, 9.17) is 16.3 Å². The molecule has 0 spiro atoms. The lowest BCUT2D eigenvalue weighted by atomic mass is 10.2. The predicted molar refractivity (Wildman–Crippen MR) is 102 cm³/mol. The number of amides is 1. The number of ether oxygens (including phenoxy) is 1. The molecule has 2 aromatic rings. The zero-order chi connectivity index (χ0) is 17.8. The average Bonchev–Trinajstić information content (AvgIpc) is 2.64. The van der Waals surface area contributed by atoms with Gasteiger partial charge in [0.05, 0.1) is 0 Å². The number of rotatable bonds is 4. The van der Waals surface area contributed by atoms with Gasteiger partial charge in [-0.15, -0.1) is 0 Å². The van der Waals surface area contributed by atoms with Crippen molar-refractivity contribution in [1.82, 2.24) is 4.90 Å². The van der Waals surface area contributed by atoms with E-state index in [0.29, 0.717) is 23.9 Å². The minimum Gasteiger partial charge on any atom is -0.481 e. The van der Waals surface area contributed by atoms with E-state index in [1.165, 1.54) is 5.69 Å². The summed E-state index contributed by atoms with van der Waals surface area (Å²) < 4.78 is 5.86. The van der Waals surface area contributed by atoms with Crippen molar-refractivity contribution in [2.45, 2.75) is 20.0 Å². The summed E-state index contributed by atoms with van der Waals surface area (Å²) in [7, 11) is 0. The number of halogens is 1. The monoisotopic (exact) mass is 358 g/mol. The number of anilines is 1. The lowest BCUT2D eigenvalue weighted by Gasteiger charge is -2.37. The number of piperazine rings is 1. The van der Waals surface area contributed by atoms with Crippen LogP contribution in [0.1, 0.15) is 12.5 Å². The zero-order valence-corrected chi connectivity index (χ0v) is 15.4. The van der Waals surface area contributed by atoms with Gasteiger partial charge in [-0.3, -0.25) is 4.79 Å². The van der Waals surface area contributed by atoms with Gasteiger partial charge in [0.1, 0.15) is 5.75 Å². The molecule has 0 saturated carbocycles. The first-order valence-corrected chi connectivity index (χ1v) is 8.94. The van der Waals surface area contributed by atoms with E-state index < -0.39 is 6.10 Å². The van der Waals surface area contributed by atoms with Gasteiger partial charge in [-0.2, -0.15) is 0 Å². The van der Waals surface area contributed by atoms with Crippen LogP contribution in [0.15, 0.2) is 48.5 Å². The van der Waals surface area contributed by atoms with Crippen LogP contribution in [0.25, 0.3) is 0 Å². The van der Waals surface area contributed by atoms with Crippen molar-refractivity contribution in [2.24, 2.45) is 0 Å². The molecule has 1 amide bonds. The second kappa shape index (κ2) is 7.79. The molecule has 3 rings (SSSR count). The van der Waals surface area contributed by atoms with Crippen molar-refractivity contribution >= 4 is 23.2 Å². The summed E-state index contributed by atoms with van der Waals surface area (Å²) in [6, 6.07) is 15.7. The minimum absolute atomic E-state index is 0.0297. The highest BCUT2D eigenvalue weighted by Gasteiger charge is 2.26. The third kappa shape index (κ3) is 4.26. The van der Waals surface area contributed by atoms with Crippen molar-refractivity contribution < 1.29 is 9.53 Å². The Hall–Kier alpha value is -2.20. The first kappa shape index (κ1) is 17.6. The van der Waals surface area contributed by atoms with Crippen molar-refractivity contribution in [3.05, 3.63) is 59.1 Å². The second-order valence-corrected chi connectivity index (χ2v) is 6.75. The molecule has 1 unspecified atom stereocenters. The smallest absolute Gasteiger partial charge is 0.263 e. The normalized spacial score (nSPS) is 15.8. The Morgan fingerprint density at radius 2 is 1.76 bits per heavy atom. The number of hydrogen-bond donors (Lipinski definition) is 0. The molecule has 1 fully saturated rings. The number of carbonyl (C=O) groups excluding carboxylic acids is 1. The summed E-state index contributed by atoms with van der Waals surface area (Å²) in [5.41, 5.74) is 2.14. The highest BCUT2D eigenvalue weighted by Crippen LogP contribution is 2.23. The van der Waals surface area contributed by atoms with Crippen LogP contribution in [0.3, 0.4) is 0 Å². The first-order chi connectivity index (χ1) is 12.0. The van der Waals surface area contributed by atoms with Gasteiger partial charge in [0.25, 0.3) is 5.91 Å². The first-order valence-electron chi connectivity index (χ1n) is 8.56. The molecule has 1 saturated heterocycles. The predicted octanol–water partition coefficient (Wildman–Crippen LogP) is 3.76. The molecule has 0 aromatic heterocycles. The Morgan fingerprint density at radius 3 is 2.40 bits per heavy atom. The van der Waals surface area contributed by atoms with E-state index in [9.17, 15) is 4.79 Å². The number of para-hydroxylation sites is 1. The van der Waals surface area contributed by atoms with Gasteiger partial charge in [-0.1, -0.05) is 29.8 Å². The lowest BCUT2D eigenvalue weighted by Crippen LogP contribution is -2.52. The molecule has 1 aliphatic heterocycles. The van der Waals surface area contributed by atoms with E-state index in [2.05, 4.69) is 17.0 Å². The van der Waals surface area contributed by atoms with Gasteiger partial charge in [0.15, 0.2) is 6.10 Å². The van der Waals surface area contributed by atoms with Gasteiger partial charge in [-0.05, 0) is 49.7 Å². The molecule has 0 aliphatic carbocycles. The van der Waals surface area contributed by atoms with Crippen molar-refractivity contribution in [1.29, 1.82) is 0 Å². The van der Waals surface area contributed by atoms with Crippen LogP contribution in [-0.4, -0.2) is 43.1 Å². The minimum atomic E-state index is -0.511. The highest BCUT2D eigenvalue weighted by atomic mass is 35.5. The standard InChI is InChI=1S/C20H23ClN2O2/c1-15-14-17(21)8-9-19(15)25-16(2)20(24)23-12-10-22(11-13-23)18-6-4-3-5-7-18/h3-9,14,16H,10-13H2,1-2H3. The van der Waals surface area contributed by atoms with Crippen molar-refractivity contribution in [3.63, 3.8) is 0 Å². The van der Waals surface area contributed by atoms with Crippen LogP contribution in [0.4, 0.5) is 5.69 Å². The van der Waals surface area contributed by atoms with Gasteiger partial charge in [-0.25, -0.2) is 0 Å². The highest BCUT2D eigenvalue weighted by molar-refractivity contribution is 6.30. The third-order valence-electron chi connectivity index (χ3n) is 4.50. The van der Waals surface area contributed by atoms with E-state index >= 15 is 0 Å². The summed E-state index contributed by atoms with van der Waals surface area (Å²) in [6.07, 6.45) is -0.511. The Bertz CT molecular complexity index is 728. The van der Waals surface area contributed by atoms with Gasteiger partial charge in [0, 0.05) is 36.9 Å². The van der Waals surface area contributed by atoms with Gasteiger partial charge >= 0.3 is 0 Å². The fraction of sp³-hybridized carbons (Fsp3) is 0.350. The van der Waals surface area contributed by atoms with E-state index in [1.807, 2.05) is 42.2 Å². The van der Waals surface area contributed by atoms with E-state index in [0.717, 1.165) is 18.7 Å². The van der Waals surface area contributed by atoms with Crippen molar-refractivity contribution in [3.8, 4) is 5.75 Å². The topological polar surface area (TPSA) is 32.8 Å². The van der Waals surface area contributed by atoms with Crippen LogP contribution in [0, 0.1) is 6.92 Å². The van der Waals surface area contributed by atoms with E-state index in [1.54, 1.807) is 13.0 Å². The molecule has 2 aromatic carbocycles. The molecule has 0 bridgehead atoms. The molecule has 25 heavy (non-hydrogen) atoms. The molecule has 1 heterocycles. The number of carbonyl (C=O) groups is 1. The maximum absolute atomic E-state index is 12.7. The molecule has 132 valence electrons. The fourth-order valence-electron chi connectivity index (χ4n) is 3.07. The summed E-state index contributed by atoms with van der Waals surface area (Å²) in [6.45, 7) is 6.82. The molecule has 1 aliphatic rings. The van der Waals surface area contributed by atoms with Crippen molar-refractivity contribution in [2.75, 3.05) is 31.1 Å². The summed E-state index contributed by atoms with van der Waals surface area (Å²) in [5.74, 6) is 0.732. The quantitative estimate of drug-likeness (QED) is 0.834. The maximum Gasteiger partial charge on any atom is 0.263 e. The fourth-order valence-corrected chi connectivity index (χ4v) is 3.29. The molecular weight excluding hydrogens is 336 g/mol. The van der Waals surface area contributed by atoms with Gasteiger partial charge < -0.3 is 14.5 Å². The Labute approximate surface area is 154 Å². The molecular formula is C20H23ClN2O2. The van der Waals surface area contributed by atoms with Crippen LogP contribution in [0.2, 0.25) is 5.02 Å². The number of aryl methyl sites for hydroxylation is 1. The second-order valence-electron chi connectivity index (χ2n) is 6.32. The van der Waals surface area contributed by atoms with Crippen LogP contribution >= 0.6 is 11.6 Å². The van der Waals surface area contributed by atoms with Crippen LogP contribution in [-0.2, 0) is 4.79 Å². The average molecular weight is 359 g/mol. The number of benzene rings is 2. The Morgan fingerprint density at radius 1 is 1.08 bits per heavy atom. The number of hydrogen-bond acceptors (Lipinski definition) is 3. The summed E-state index contributed by atoms with van der Waals surface area (Å²) in [5, 5.41) is 0.667. The number of nitrogens with zero attached hydrogens (tertiary/aromatic N) is 2.